The number of pyridine rings is 2. The molecule has 5 aromatic carbocycles. The third-order valence-electron chi connectivity index (χ3n) is 8.03. The van der Waals surface area contributed by atoms with Crippen LogP contribution in [0.3, 0.4) is 0 Å². The van der Waals surface area contributed by atoms with Crippen molar-refractivity contribution in [2.24, 2.45) is 0 Å². The fraction of sp³-hybridized carbons (Fsp3) is 0. The molecule has 0 saturated heterocycles. The van der Waals surface area contributed by atoms with Gasteiger partial charge in [0.05, 0.1) is 21.8 Å². The molecule has 1 N–H and O–H groups in total. The number of phenols is 1. The summed E-state index contributed by atoms with van der Waals surface area (Å²) in [7, 11) is 0. The number of anilines is 3. The van der Waals surface area contributed by atoms with Crippen molar-refractivity contribution in [1.29, 1.82) is 0 Å². The van der Waals surface area contributed by atoms with Crippen LogP contribution in [0.5, 0.6) is 5.75 Å². The van der Waals surface area contributed by atoms with Crippen molar-refractivity contribution in [1.82, 2.24) is 9.97 Å². The van der Waals surface area contributed by atoms with E-state index in [9.17, 15) is 5.11 Å². The van der Waals surface area contributed by atoms with E-state index in [1.165, 1.54) is 10.1 Å². The molecule has 0 spiro atoms. The molecule has 8 aromatic rings. The van der Waals surface area contributed by atoms with Crippen LogP contribution in [0.1, 0.15) is 0 Å². The van der Waals surface area contributed by atoms with Gasteiger partial charge in [-0.2, -0.15) is 0 Å². The zero-order valence-corrected chi connectivity index (χ0v) is 25.0. The molecule has 3 aromatic heterocycles. The molecule has 0 fully saturated rings. The Morgan fingerprint density at radius 2 is 1.31 bits per heavy atom. The first kappa shape index (κ1) is 26.8. The van der Waals surface area contributed by atoms with Gasteiger partial charge in [-0.1, -0.05) is 97.1 Å². The first-order chi connectivity index (χ1) is 22.2. The lowest BCUT2D eigenvalue weighted by Crippen LogP contribution is -2.12. The van der Waals surface area contributed by atoms with E-state index in [0.717, 1.165) is 55.4 Å². The van der Waals surface area contributed by atoms with Crippen LogP contribution in [0.2, 0.25) is 0 Å². The highest BCUT2D eigenvalue weighted by Gasteiger charge is 2.20. The van der Waals surface area contributed by atoms with E-state index < -0.39 is 0 Å². The van der Waals surface area contributed by atoms with Crippen LogP contribution < -0.4 is 4.90 Å². The maximum absolute atomic E-state index is 10.8. The first-order valence-corrected chi connectivity index (χ1v) is 15.6. The molecule has 0 aliphatic rings. The van der Waals surface area contributed by atoms with Gasteiger partial charge in [-0.3, -0.25) is 4.90 Å². The second-order valence-electron chi connectivity index (χ2n) is 10.8. The number of hydrogen-bond donors (Lipinski definition) is 1. The number of nitrogens with zero attached hydrogens (tertiary/aromatic N) is 3. The molecule has 8 rings (SSSR count). The third kappa shape index (κ3) is 4.89. The van der Waals surface area contributed by atoms with Crippen LogP contribution in [-0.4, -0.2) is 15.1 Å². The van der Waals surface area contributed by atoms with E-state index in [1.807, 2.05) is 48.7 Å². The molecule has 0 amide bonds. The van der Waals surface area contributed by atoms with Crippen molar-refractivity contribution in [3.8, 4) is 39.4 Å². The second kappa shape index (κ2) is 11.4. The Morgan fingerprint density at radius 3 is 2.16 bits per heavy atom. The lowest BCUT2D eigenvalue weighted by Gasteiger charge is -2.27. The minimum Gasteiger partial charge on any atom is -0.507 e. The molecule has 0 bridgehead atoms. The minimum atomic E-state index is 0.211. The number of aromatic hydroxyl groups is 1. The number of benzene rings is 5. The molecule has 0 unspecified atom stereocenters. The summed E-state index contributed by atoms with van der Waals surface area (Å²) < 4.78 is 2.31. The lowest BCUT2D eigenvalue weighted by molar-refractivity contribution is 0.477. The van der Waals surface area contributed by atoms with Crippen LogP contribution in [0.25, 0.3) is 53.8 Å². The maximum atomic E-state index is 10.8. The van der Waals surface area contributed by atoms with E-state index in [1.54, 1.807) is 17.4 Å². The normalized spacial score (nSPS) is 11.2. The third-order valence-corrected chi connectivity index (χ3v) is 9.22. The summed E-state index contributed by atoms with van der Waals surface area (Å²) in [6, 6.07) is 51.4. The number of thiophene rings is 1. The summed E-state index contributed by atoms with van der Waals surface area (Å²) >= 11 is 1.75. The highest BCUT2D eigenvalue weighted by molar-refractivity contribution is 7.26. The number of para-hydroxylation sites is 2. The maximum Gasteiger partial charge on any atom is 0.137 e. The van der Waals surface area contributed by atoms with Crippen molar-refractivity contribution >= 4 is 48.7 Å². The van der Waals surface area contributed by atoms with Gasteiger partial charge in [-0.05, 0) is 60.2 Å². The van der Waals surface area contributed by atoms with Crippen LogP contribution in [0.15, 0.2) is 158 Å². The van der Waals surface area contributed by atoms with Crippen LogP contribution in [-0.2, 0) is 0 Å². The molecule has 0 aliphatic carbocycles. The molecule has 5 heteroatoms. The minimum absolute atomic E-state index is 0.211. The summed E-state index contributed by atoms with van der Waals surface area (Å²) in [4.78, 5) is 12.2. The molecule has 214 valence electrons. The largest absolute Gasteiger partial charge is 0.507 e. The second-order valence-corrected chi connectivity index (χ2v) is 11.9. The van der Waals surface area contributed by atoms with Gasteiger partial charge in [-0.15, -0.1) is 11.3 Å². The molecule has 0 atom stereocenters. The van der Waals surface area contributed by atoms with Gasteiger partial charge >= 0.3 is 0 Å². The number of rotatable bonds is 6. The topological polar surface area (TPSA) is 49.2 Å². The van der Waals surface area contributed by atoms with Gasteiger partial charge in [0, 0.05) is 44.0 Å². The molecular formula is C40H27N3OS. The van der Waals surface area contributed by atoms with Crippen molar-refractivity contribution in [3.05, 3.63) is 158 Å². The average molecular weight is 598 g/mol. The smallest absolute Gasteiger partial charge is 0.137 e. The van der Waals surface area contributed by atoms with Crippen LogP contribution in [0, 0.1) is 0 Å². The predicted molar refractivity (Wildman–Crippen MR) is 188 cm³/mol. The van der Waals surface area contributed by atoms with Gasteiger partial charge in [0.25, 0.3) is 0 Å². The van der Waals surface area contributed by atoms with E-state index in [2.05, 4.69) is 108 Å². The van der Waals surface area contributed by atoms with E-state index in [0.29, 0.717) is 5.56 Å². The zero-order chi connectivity index (χ0) is 30.2. The SMILES string of the molecule is Oc1ccccc1-c1cc2c(sc3ccccc32)c(-c2cccc(N(c3ccccn3)c3ccccc3-c3ccccc3)c2)n1. The summed E-state index contributed by atoms with van der Waals surface area (Å²) in [5.41, 5.74) is 7.56. The molecule has 0 saturated carbocycles. The number of fused-ring (bicyclic) bond motifs is 3. The molecule has 4 nitrogen and oxygen atoms in total. The lowest BCUT2D eigenvalue weighted by atomic mass is 10.0. The molecule has 0 radical (unpaired) electrons. The fourth-order valence-electron chi connectivity index (χ4n) is 5.95. The summed E-state index contributed by atoms with van der Waals surface area (Å²) in [6.07, 6.45) is 1.83. The number of aromatic nitrogens is 2. The Morgan fingerprint density at radius 1 is 0.578 bits per heavy atom. The molecule has 3 heterocycles. The Balaban J connectivity index is 1.36. The van der Waals surface area contributed by atoms with Crippen LogP contribution >= 0.6 is 11.3 Å². The summed E-state index contributed by atoms with van der Waals surface area (Å²) in [5.74, 6) is 1.03. The summed E-state index contributed by atoms with van der Waals surface area (Å²) in [5, 5.41) is 13.1. The highest BCUT2D eigenvalue weighted by atomic mass is 32.1. The van der Waals surface area contributed by atoms with Gasteiger partial charge in [-0.25, -0.2) is 9.97 Å². The fourth-order valence-corrected chi connectivity index (χ4v) is 7.15. The van der Waals surface area contributed by atoms with Crippen molar-refractivity contribution in [2.75, 3.05) is 4.90 Å². The Labute approximate surface area is 265 Å². The monoisotopic (exact) mass is 597 g/mol. The Kier molecular flexibility index (Phi) is 6.78. The molecule has 0 aliphatic heterocycles. The zero-order valence-electron chi connectivity index (χ0n) is 24.2. The van der Waals surface area contributed by atoms with Crippen molar-refractivity contribution in [2.45, 2.75) is 0 Å². The van der Waals surface area contributed by atoms with Gasteiger partial charge in [0.1, 0.15) is 11.6 Å². The van der Waals surface area contributed by atoms with Crippen LogP contribution in [0.4, 0.5) is 17.2 Å². The van der Waals surface area contributed by atoms with Crippen molar-refractivity contribution in [3.63, 3.8) is 0 Å². The van der Waals surface area contributed by atoms with E-state index in [-0.39, 0.29) is 5.75 Å². The Hall–Kier alpha value is -5.78. The predicted octanol–water partition coefficient (Wildman–Crippen LogP) is 11.0. The van der Waals surface area contributed by atoms with E-state index >= 15 is 0 Å². The van der Waals surface area contributed by atoms with Gasteiger partial charge in [0.2, 0.25) is 0 Å². The highest BCUT2D eigenvalue weighted by Crippen LogP contribution is 2.44. The molecular weight excluding hydrogens is 571 g/mol. The molecule has 45 heavy (non-hydrogen) atoms. The quantitative estimate of drug-likeness (QED) is 0.207. The van der Waals surface area contributed by atoms with Gasteiger partial charge in [0.15, 0.2) is 0 Å². The van der Waals surface area contributed by atoms with Gasteiger partial charge < -0.3 is 5.11 Å². The number of hydrogen-bond acceptors (Lipinski definition) is 5. The van der Waals surface area contributed by atoms with Crippen molar-refractivity contribution < 1.29 is 5.11 Å². The first-order valence-electron chi connectivity index (χ1n) is 14.8. The average Bonchev–Trinajstić information content (AvgIpc) is 3.48. The summed E-state index contributed by atoms with van der Waals surface area (Å²) in [6.45, 7) is 0. The van der Waals surface area contributed by atoms with E-state index in [4.69, 9.17) is 9.97 Å². The standard InChI is InChI=1S/C40H27N3OS/c44-36-21-8-5-19-32(36)34-26-33-31-18-6-9-22-37(31)45-40(33)39(42-34)28-15-12-16-29(25-28)43(38-23-10-11-24-41-38)35-20-7-4-17-30(35)27-13-2-1-3-14-27/h1-26,44H. The number of phenolic OH excluding ortho intramolecular Hbond substituents is 1. The Bertz CT molecular complexity index is 2300.